The van der Waals surface area contributed by atoms with E-state index in [0.29, 0.717) is 17.7 Å². The Morgan fingerprint density at radius 3 is 2.76 bits per heavy atom. The molecule has 1 aliphatic rings. The number of hydrogen-bond acceptors (Lipinski definition) is 5. The molecule has 1 aliphatic carbocycles. The van der Waals surface area contributed by atoms with Crippen molar-refractivity contribution in [1.29, 1.82) is 5.41 Å². The van der Waals surface area contributed by atoms with Crippen LogP contribution in [0.1, 0.15) is 50.1 Å². The lowest BCUT2D eigenvalue weighted by Gasteiger charge is -2.13. The Labute approximate surface area is 125 Å². The lowest BCUT2D eigenvalue weighted by Crippen LogP contribution is -2.85. The number of rotatable bonds is 6. The van der Waals surface area contributed by atoms with Crippen molar-refractivity contribution in [1.82, 2.24) is 9.97 Å². The van der Waals surface area contributed by atoms with Crippen LogP contribution in [0.3, 0.4) is 0 Å². The molecule has 0 saturated heterocycles. The van der Waals surface area contributed by atoms with Crippen LogP contribution in [0, 0.1) is 5.41 Å². The Morgan fingerprint density at radius 2 is 2.19 bits per heavy atom. The van der Waals surface area contributed by atoms with Crippen LogP contribution in [-0.2, 0) is 15.3 Å². The second-order valence-electron chi connectivity index (χ2n) is 5.25. The predicted molar refractivity (Wildman–Crippen MR) is 80.2 cm³/mol. The third kappa shape index (κ3) is 4.05. The van der Waals surface area contributed by atoms with Gasteiger partial charge in [-0.3, -0.25) is 14.3 Å². The van der Waals surface area contributed by atoms with Gasteiger partial charge in [0.1, 0.15) is 17.5 Å². The molecule has 2 atom stereocenters. The lowest BCUT2D eigenvalue weighted by atomic mass is 10.2. The summed E-state index contributed by atoms with van der Waals surface area (Å²) in [6.45, 7) is 1.68. The Balaban J connectivity index is 2.31. The number of nitrogens with one attached hydrogen (secondary N) is 2. The third-order valence-corrected chi connectivity index (χ3v) is 4.17. The zero-order valence-corrected chi connectivity index (χ0v) is 13.0. The smallest absolute Gasteiger partial charge is 0.266 e. The largest absolute Gasteiger partial charge is 0.308 e. The third-order valence-electron chi connectivity index (χ3n) is 3.61. The van der Waals surface area contributed by atoms with Gasteiger partial charge in [0.2, 0.25) is 5.82 Å². The quantitative estimate of drug-likeness (QED) is 0.654. The average molecular weight is 313 g/mol. The molecular weight excluding hydrogens is 292 g/mol. The first-order valence-electron chi connectivity index (χ1n) is 7.01. The topological polar surface area (TPSA) is 113 Å². The van der Waals surface area contributed by atoms with Crippen molar-refractivity contribution in [3.05, 3.63) is 21.7 Å². The average Bonchev–Trinajstić information content (AvgIpc) is 2.90. The number of H-pyrrole nitrogens is 1. The molecule has 116 valence electrons. The molecule has 4 N–H and O–H groups in total. The molecule has 1 aromatic rings. The van der Waals surface area contributed by atoms with Crippen molar-refractivity contribution < 1.29 is 13.7 Å². The summed E-state index contributed by atoms with van der Waals surface area (Å²) < 4.78 is 16.3. The van der Waals surface area contributed by atoms with E-state index in [0.717, 1.165) is 19.1 Å². The van der Waals surface area contributed by atoms with Crippen molar-refractivity contribution in [3.8, 4) is 0 Å². The van der Waals surface area contributed by atoms with Gasteiger partial charge in [0.15, 0.2) is 11.1 Å². The summed E-state index contributed by atoms with van der Waals surface area (Å²) >= 11 is -1.44. The van der Waals surface area contributed by atoms with E-state index in [1.54, 1.807) is 6.92 Å². The summed E-state index contributed by atoms with van der Waals surface area (Å²) in [6.07, 6.45) is 6.43. The second kappa shape index (κ2) is 7.06. The molecule has 7 nitrogen and oxygen atoms in total. The van der Waals surface area contributed by atoms with Crippen LogP contribution >= 0.6 is 0 Å². The molecule has 1 aromatic heterocycles. The number of aromatic nitrogens is 2. The molecule has 0 radical (unpaired) electrons. The summed E-state index contributed by atoms with van der Waals surface area (Å²) in [5.41, 5.74) is -0.105. The van der Waals surface area contributed by atoms with Crippen molar-refractivity contribution in [2.75, 3.05) is 6.26 Å². The molecule has 21 heavy (non-hydrogen) atoms. The van der Waals surface area contributed by atoms with E-state index in [2.05, 4.69) is 9.97 Å². The normalized spacial score (nSPS) is 18.6. The van der Waals surface area contributed by atoms with Crippen LogP contribution in [0.5, 0.6) is 0 Å². The van der Waals surface area contributed by atoms with Crippen LogP contribution < -0.4 is 10.9 Å². The number of nitrogens with zero attached hydrogens (tertiary/aromatic N) is 1. The van der Waals surface area contributed by atoms with Crippen LogP contribution in [0.2, 0.25) is 0 Å². The standard InChI is InChI=1S/C13H20N4O3S/c1-8(20-21(2)19)11-16-12(10(7-14)13(18)17-11)15-9-5-3-4-6-9/h7-9,14H,3-6H2,1-2H3,(H2,15,16,17,18)/p+1. The highest BCUT2D eigenvalue weighted by molar-refractivity contribution is 7.79. The van der Waals surface area contributed by atoms with Crippen LogP contribution in [0.4, 0.5) is 5.82 Å². The zero-order chi connectivity index (χ0) is 15.4. The first kappa shape index (κ1) is 16.0. The summed E-state index contributed by atoms with van der Waals surface area (Å²) in [5.74, 6) is 0.859. The summed E-state index contributed by atoms with van der Waals surface area (Å²) in [7, 11) is 0. The molecule has 2 rings (SSSR count). The van der Waals surface area contributed by atoms with Crippen LogP contribution in [0.25, 0.3) is 0 Å². The highest BCUT2D eigenvalue weighted by Gasteiger charge is 2.24. The van der Waals surface area contributed by atoms with Gasteiger partial charge in [-0.25, -0.2) is 4.21 Å². The Hall–Kier alpha value is -1.38. The molecule has 0 amide bonds. The van der Waals surface area contributed by atoms with Gasteiger partial charge >= 0.3 is 0 Å². The van der Waals surface area contributed by atoms with E-state index in [9.17, 15) is 9.00 Å². The highest BCUT2D eigenvalue weighted by Crippen LogP contribution is 2.17. The fourth-order valence-corrected chi connectivity index (χ4v) is 3.07. The maximum absolute atomic E-state index is 12.1. The van der Waals surface area contributed by atoms with E-state index in [4.69, 9.17) is 9.59 Å². The molecule has 1 heterocycles. The number of hydrogen-bond donors (Lipinski definition) is 3. The molecule has 0 aromatic carbocycles. The van der Waals surface area contributed by atoms with Crippen molar-refractivity contribution in [2.45, 2.75) is 44.8 Å². The fraction of sp³-hybridized carbons (Fsp3) is 0.615. The van der Waals surface area contributed by atoms with Gasteiger partial charge in [-0.1, -0.05) is 0 Å². The molecule has 0 spiro atoms. The molecule has 1 saturated carbocycles. The summed E-state index contributed by atoms with van der Waals surface area (Å²) in [6, 6.07) is 0.405. The van der Waals surface area contributed by atoms with Gasteiger partial charge in [-0.15, -0.1) is 0 Å². The van der Waals surface area contributed by atoms with E-state index in [1.165, 1.54) is 19.1 Å². The van der Waals surface area contributed by atoms with Gasteiger partial charge < -0.3 is 10.4 Å². The van der Waals surface area contributed by atoms with Crippen molar-refractivity contribution in [2.24, 2.45) is 0 Å². The summed E-state index contributed by atoms with van der Waals surface area (Å²) in [4.78, 5) is 19.1. The Bertz CT molecular complexity index is 596. The lowest BCUT2D eigenvalue weighted by molar-refractivity contribution is -0.613. The molecule has 0 bridgehead atoms. The second-order valence-corrected chi connectivity index (χ2v) is 6.24. The number of aromatic amines is 1. The Morgan fingerprint density at radius 1 is 1.52 bits per heavy atom. The van der Waals surface area contributed by atoms with Crippen LogP contribution in [-0.4, -0.2) is 32.7 Å². The zero-order valence-electron chi connectivity index (χ0n) is 12.2. The first-order chi connectivity index (χ1) is 10.0. The minimum Gasteiger partial charge on any atom is -0.308 e. The van der Waals surface area contributed by atoms with E-state index >= 15 is 0 Å². The maximum atomic E-state index is 12.1. The van der Waals surface area contributed by atoms with E-state index < -0.39 is 17.2 Å². The molecule has 1 fully saturated rings. The van der Waals surface area contributed by atoms with Crippen LogP contribution in [0.15, 0.2) is 4.79 Å². The molecule has 2 unspecified atom stereocenters. The SMILES string of the molecule is CC(OS(C)=O)c1nc([NH2+]C2CCCC2)c(C=N)c(=O)[nH]1. The molecular formula is C13H21N4O3S+. The number of nitrogens with two attached hydrogens (primary N) is 1. The van der Waals surface area contributed by atoms with Gasteiger partial charge in [0.25, 0.3) is 5.56 Å². The van der Waals surface area contributed by atoms with Gasteiger partial charge in [0.05, 0.1) is 6.04 Å². The number of quaternary nitrogens is 1. The predicted octanol–water partition coefficient (Wildman–Crippen LogP) is 0.276. The fourth-order valence-electron chi connectivity index (χ4n) is 2.57. The van der Waals surface area contributed by atoms with Gasteiger partial charge in [-0.05, 0) is 32.6 Å². The maximum Gasteiger partial charge on any atom is 0.266 e. The monoisotopic (exact) mass is 313 g/mol. The Kier molecular flexibility index (Phi) is 5.38. The van der Waals surface area contributed by atoms with E-state index in [-0.39, 0.29) is 11.1 Å². The van der Waals surface area contributed by atoms with Crippen molar-refractivity contribution in [3.63, 3.8) is 0 Å². The van der Waals surface area contributed by atoms with Crippen molar-refractivity contribution >= 4 is 23.1 Å². The molecule has 0 aliphatic heterocycles. The van der Waals surface area contributed by atoms with Gasteiger partial charge in [-0.2, -0.15) is 4.98 Å². The minimum absolute atomic E-state index is 0.260. The van der Waals surface area contributed by atoms with Gasteiger partial charge in [0, 0.05) is 12.5 Å². The first-order valence-corrected chi connectivity index (χ1v) is 8.49. The minimum atomic E-state index is -1.44. The highest BCUT2D eigenvalue weighted by atomic mass is 32.2. The van der Waals surface area contributed by atoms with E-state index in [1.807, 2.05) is 5.32 Å². The summed E-state index contributed by atoms with van der Waals surface area (Å²) in [5, 5.41) is 9.38. The molecule has 8 heteroatoms.